The molecule has 146 valence electrons. The highest BCUT2D eigenvalue weighted by atomic mass is 127. The number of aliphatic imine (C=N–C) groups is 1. The van der Waals surface area contributed by atoms with Crippen molar-refractivity contribution >= 4 is 59.0 Å². The molecule has 5 nitrogen and oxygen atoms in total. The van der Waals surface area contributed by atoms with Crippen LogP contribution in [0.3, 0.4) is 0 Å². The van der Waals surface area contributed by atoms with E-state index in [4.69, 9.17) is 23.2 Å². The lowest BCUT2D eigenvalue weighted by Crippen LogP contribution is -2.42. The van der Waals surface area contributed by atoms with Crippen molar-refractivity contribution in [1.82, 2.24) is 16.0 Å². The summed E-state index contributed by atoms with van der Waals surface area (Å²) in [6, 6.07) is 5.52. The van der Waals surface area contributed by atoms with Crippen LogP contribution in [0.4, 0.5) is 0 Å². The number of hydrogen-bond acceptors (Lipinski definition) is 2. The number of benzene rings is 1. The highest BCUT2D eigenvalue weighted by molar-refractivity contribution is 14.0. The van der Waals surface area contributed by atoms with Crippen LogP contribution in [0, 0.1) is 5.92 Å². The van der Waals surface area contributed by atoms with Crippen LogP contribution < -0.4 is 16.0 Å². The van der Waals surface area contributed by atoms with Gasteiger partial charge in [0.15, 0.2) is 5.96 Å². The highest BCUT2D eigenvalue weighted by Gasteiger charge is 2.28. The van der Waals surface area contributed by atoms with Crippen LogP contribution in [0.5, 0.6) is 0 Å². The van der Waals surface area contributed by atoms with Gasteiger partial charge in [-0.15, -0.1) is 24.0 Å². The van der Waals surface area contributed by atoms with Gasteiger partial charge in [0.1, 0.15) is 0 Å². The Morgan fingerprint density at radius 1 is 1.19 bits per heavy atom. The van der Waals surface area contributed by atoms with Crippen LogP contribution in [0.1, 0.15) is 38.2 Å². The van der Waals surface area contributed by atoms with Gasteiger partial charge in [0.2, 0.25) is 5.91 Å². The second-order valence-corrected chi connectivity index (χ2v) is 7.06. The van der Waals surface area contributed by atoms with Gasteiger partial charge in [-0.05, 0) is 37.5 Å². The lowest BCUT2D eigenvalue weighted by atomic mass is 10.0. The Bertz CT molecular complexity index is 603. The zero-order valence-corrected chi connectivity index (χ0v) is 19.0. The van der Waals surface area contributed by atoms with Gasteiger partial charge in [0.05, 0.1) is 0 Å². The summed E-state index contributed by atoms with van der Waals surface area (Å²) in [6.07, 6.45) is 2.04. The van der Waals surface area contributed by atoms with Gasteiger partial charge in [-0.25, -0.2) is 0 Å². The van der Waals surface area contributed by atoms with E-state index in [9.17, 15) is 4.79 Å². The number of guanidine groups is 1. The van der Waals surface area contributed by atoms with Crippen molar-refractivity contribution in [2.24, 2.45) is 10.9 Å². The summed E-state index contributed by atoms with van der Waals surface area (Å²) in [5.41, 5.74) is 0.919. The molecule has 0 heterocycles. The smallest absolute Gasteiger partial charge is 0.223 e. The molecular formula is C18H27Cl2IN4O. The van der Waals surface area contributed by atoms with E-state index < -0.39 is 0 Å². The summed E-state index contributed by atoms with van der Waals surface area (Å²) in [5.74, 6) is 1.22. The predicted octanol–water partition coefficient (Wildman–Crippen LogP) is 3.80. The third-order valence-corrected chi connectivity index (χ3v) is 4.68. The zero-order chi connectivity index (χ0) is 18.2. The van der Waals surface area contributed by atoms with Crippen LogP contribution in [0.15, 0.2) is 23.2 Å². The lowest BCUT2D eigenvalue weighted by Gasteiger charge is -2.16. The number of rotatable bonds is 8. The molecule has 0 bridgehead atoms. The van der Waals surface area contributed by atoms with E-state index in [1.807, 2.05) is 25.1 Å². The Morgan fingerprint density at radius 3 is 2.38 bits per heavy atom. The van der Waals surface area contributed by atoms with E-state index in [-0.39, 0.29) is 41.7 Å². The topological polar surface area (TPSA) is 65.5 Å². The van der Waals surface area contributed by atoms with E-state index in [2.05, 4.69) is 27.9 Å². The van der Waals surface area contributed by atoms with Gasteiger partial charge in [-0.1, -0.05) is 36.2 Å². The first-order valence-electron chi connectivity index (χ1n) is 8.76. The molecule has 0 aromatic heterocycles. The summed E-state index contributed by atoms with van der Waals surface area (Å²) < 4.78 is 0. The Kier molecular flexibility index (Phi) is 10.6. The van der Waals surface area contributed by atoms with E-state index >= 15 is 0 Å². The number of carbonyl (C=O) groups excluding carboxylic acids is 1. The molecular weight excluding hydrogens is 486 g/mol. The van der Waals surface area contributed by atoms with Crippen molar-refractivity contribution in [2.75, 3.05) is 26.2 Å². The molecule has 0 saturated heterocycles. The monoisotopic (exact) mass is 512 g/mol. The number of nitrogens with one attached hydrogen (secondary N) is 3. The predicted molar refractivity (Wildman–Crippen MR) is 120 cm³/mol. The minimum Gasteiger partial charge on any atom is -0.357 e. The van der Waals surface area contributed by atoms with Crippen molar-refractivity contribution in [3.8, 4) is 0 Å². The van der Waals surface area contributed by atoms with Crippen LogP contribution >= 0.6 is 47.2 Å². The van der Waals surface area contributed by atoms with E-state index in [0.29, 0.717) is 29.7 Å². The first kappa shape index (κ1) is 23.3. The number of carbonyl (C=O) groups is 1. The molecule has 1 aromatic carbocycles. The molecule has 1 aliphatic carbocycles. The van der Waals surface area contributed by atoms with Crippen LogP contribution in [-0.4, -0.2) is 38.0 Å². The van der Waals surface area contributed by atoms with Crippen LogP contribution in [-0.2, 0) is 4.79 Å². The zero-order valence-electron chi connectivity index (χ0n) is 15.1. The molecule has 1 atom stereocenters. The standard InChI is InChI=1S/C18H26Cl2N4O.HI/c1-3-21-18(23-10-9-22-17(25)13-7-8-13)24-11-12(2)16-14(19)5-4-6-15(16)20;/h4-6,12-13H,3,7-11H2,1-2H3,(H,22,25)(H2,21,23,24);1H. The lowest BCUT2D eigenvalue weighted by molar-refractivity contribution is -0.122. The third-order valence-electron chi connectivity index (χ3n) is 4.02. The van der Waals surface area contributed by atoms with Crippen molar-refractivity contribution in [3.05, 3.63) is 33.8 Å². The van der Waals surface area contributed by atoms with Gasteiger partial charge < -0.3 is 16.0 Å². The first-order valence-corrected chi connectivity index (χ1v) is 9.52. The summed E-state index contributed by atoms with van der Waals surface area (Å²) in [6.45, 7) is 6.61. The number of halogens is 3. The maximum Gasteiger partial charge on any atom is 0.223 e. The molecule has 8 heteroatoms. The van der Waals surface area contributed by atoms with Gasteiger partial charge >= 0.3 is 0 Å². The van der Waals surface area contributed by atoms with Crippen molar-refractivity contribution in [3.63, 3.8) is 0 Å². The molecule has 2 rings (SSSR count). The van der Waals surface area contributed by atoms with Crippen molar-refractivity contribution < 1.29 is 4.79 Å². The minimum atomic E-state index is 0. The molecule has 26 heavy (non-hydrogen) atoms. The highest BCUT2D eigenvalue weighted by Crippen LogP contribution is 2.31. The average molecular weight is 513 g/mol. The number of hydrogen-bond donors (Lipinski definition) is 3. The van der Waals surface area contributed by atoms with E-state index in [1.165, 1.54) is 0 Å². The Hall–Kier alpha value is -0.730. The fourth-order valence-corrected chi connectivity index (χ4v) is 3.27. The Morgan fingerprint density at radius 2 is 1.81 bits per heavy atom. The summed E-state index contributed by atoms with van der Waals surface area (Å²) in [5, 5.41) is 10.7. The van der Waals surface area contributed by atoms with Gasteiger partial charge in [-0.3, -0.25) is 9.79 Å². The molecule has 3 N–H and O–H groups in total. The second-order valence-electron chi connectivity index (χ2n) is 6.25. The molecule has 1 aliphatic rings. The third kappa shape index (κ3) is 7.48. The molecule has 0 aliphatic heterocycles. The molecule has 1 aromatic rings. The molecule has 1 unspecified atom stereocenters. The van der Waals surface area contributed by atoms with E-state index in [0.717, 1.165) is 30.9 Å². The summed E-state index contributed by atoms with van der Waals surface area (Å²) in [7, 11) is 0. The SMILES string of the molecule is CCNC(=NCC(C)c1c(Cl)cccc1Cl)NCCNC(=O)C1CC1.I. The largest absolute Gasteiger partial charge is 0.357 e. The van der Waals surface area contributed by atoms with Gasteiger partial charge in [-0.2, -0.15) is 0 Å². The van der Waals surface area contributed by atoms with Gasteiger partial charge in [0.25, 0.3) is 0 Å². The fourth-order valence-electron chi connectivity index (χ4n) is 2.50. The Balaban J connectivity index is 0.00000338. The molecule has 1 amide bonds. The summed E-state index contributed by atoms with van der Waals surface area (Å²) >= 11 is 12.5. The molecule has 0 spiro atoms. The maximum absolute atomic E-state index is 11.6. The molecule has 1 fully saturated rings. The average Bonchev–Trinajstić information content (AvgIpc) is 3.41. The minimum absolute atomic E-state index is 0. The quantitative estimate of drug-likeness (QED) is 0.215. The number of amides is 1. The van der Waals surface area contributed by atoms with Crippen molar-refractivity contribution in [2.45, 2.75) is 32.6 Å². The second kappa shape index (κ2) is 11.9. The van der Waals surface area contributed by atoms with Crippen LogP contribution in [0.25, 0.3) is 0 Å². The van der Waals surface area contributed by atoms with E-state index in [1.54, 1.807) is 0 Å². The maximum atomic E-state index is 11.6. The van der Waals surface area contributed by atoms with Crippen molar-refractivity contribution in [1.29, 1.82) is 0 Å². The fraction of sp³-hybridized carbons (Fsp3) is 0.556. The first-order chi connectivity index (χ1) is 12.0. The summed E-state index contributed by atoms with van der Waals surface area (Å²) in [4.78, 5) is 16.2. The van der Waals surface area contributed by atoms with Gasteiger partial charge in [0, 0.05) is 48.1 Å². The molecule has 1 saturated carbocycles. The normalized spacial score (nSPS) is 15.0. The molecule has 0 radical (unpaired) electrons. The Labute approximate surface area is 182 Å². The van der Waals surface area contributed by atoms with Crippen LogP contribution in [0.2, 0.25) is 10.0 Å². The number of nitrogens with zero attached hydrogens (tertiary/aromatic N) is 1.